The van der Waals surface area contributed by atoms with E-state index >= 15 is 0 Å². The number of piperazine rings is 1. The van der Waals surface area contributed by atoms with Crippen LogP contribution in [-0.2, 0) is 0 Å². The number of nitrogens with zero attached hydrogens (tertiary/aromatic N) is 4. The summed E-state index contributed by atoms with van der Waals surface area (Å²) in [6, 6.07) is 18.0. The van der Waals surface area contributed by atoms with E-state index in [0.29, 0.717) is 5.75 Å². The van der Waals surface area contributed by atoms with Gasteiger partial charge in [0.15, 0.2) is 5.96 Å². The van der Waals surface area contributed by atoms with Crippen LogP contribution in [0, 0.1) is 0 Å². The number of rotatable bonds is 6. The summed E-state index contributed by atoms with van der Waals surface area (Å²) < 4.78 is 0. The van der Waals surface area contributed by atoms with Crippen molar-refractivity contribution in [2.45, 2.75) is 6.42 Å². The van der Waals surface area contributed by atoms with E-state index in [1.165, 1.54) is 5.69 Å². The Balaban J connectivity index is 0.00000300. The Labute approximate surface area is 191 Å². The van der Waals surface area contributed by atoms with E-state index in [1.807, 2.05) is 31.3 Å². The largest absolute Gasteiger partial charge is 0.506 e. The fourth-order valence-corrected chi connectivity index (χ4v) is 3.55. The van der Waals surface area contributed by atoms with Crippen LogP contribution in [0.4, 0.5) is 11.4 Å². The number of halogens is 1. The van der Waals surface area contributed by atoms with Crippen LogP contribution in [0.3, 0.4) is 0 Å². The van der Waals surface area contributed by atoms with Gasteiger partial charge in [-0.15, -0.1) is 24.0 Å². The van der Waals surface area contributed by atoms with Crippen molar-refractivity contribution in [3.8, 4) is 5.75 Å². The predicted molar refractivity (Wildman–Crippen MR) is 133 cm³/mol. The minimum absolute atomic E-state index is 0. The van der Waals surface area contributed by atoms with Gasteiger partial charge in [-0.2, -0.15) is 0 Å². The Morgan fingerprint density at radius 1 is 1.03 bits per heavy atom. The van der Waals surface area contributed by atoms with Crippen molar-refractivity contribution in [2.24, 2.45) is 4.99 Å². The minimum Gasteiger partial charge on any atom is -0.506 e. The molecule has 0 bridgehead atoms. The van der Waals surface area contributed by atoms with E-state index in [2.05, 4.69) is 56.3 Å². The van der Waals surface area contributed by atoms with Gasteiger partial charge < -0.3 is 25.1 Å². The number of aliphatic imine (C=N–C) groups is 1. The summed E-state index contributed by atoms with van der Waals surface area (Å²) in [6.07, 6.45) is 1.04. The maximum Gasteiger partial charge on any atom is 0.193 e. The average molecular weight is 509 g/mol. The lowest BCUT2D eigenvalue weighted by molar-refractivity contribution is 0.370. The van der Waals surface area contributed by atoms with E-state index in [1.54, 1.807) is 6.07 Å². The van der Waals surface area contributed by atoms with E-state index in [9.17, 15) is 5.11 Å². The second-order valence-corrected chi connectivity index (χ2v) is 7.05. The SMILES string of the molecule is CN=C(NCCCN(C)c1ccccc1)N1CCN(c2ccccc2O)CC1.I. The molecule has 0 radical (unpaired) electrons. The molecule has 0 aliphatic carbocycles. The Hall–Kier alpha value is -2.16. The van der Waals surface area contributed by atoms with Crippen molar-refractivity contribution in [2.75, 3.05) is 63.2 Å². The summed E-state index contributed by atoms with van der Waals surface area (Å²) in [4.78, 5) is 11.2. The molecule has 0 unspecified atom stereocenters. The number of hydrogen-bond donors (Lipinski definition) is 2. The molecule has 7 heteroatoms. The molecule has 0 atom stereocenters. The molecule has 0 spiro atoms. The van der Waals surface area contributed by atoms with Gasteiger partial charge in [-0.05, 0) is 30.7 Å². The van der Waals surface area contributed by atoms with Gasteiger partial charge in [0, 0.05) is 59.1 Å². The molecule has 158 valence electrons. The Bertz CT molecular complexity index is 763. The number of aromatic hydroxyl groups is 1. The molecule has 0 amide bonds. The molecule has 3 rings (SSSR count). The second-order valence-electron chi connectivity index (χ2n) is 7.05. The fourth-order valence-electron chi connectivity index (χ4n) is 3.55. The standard InChI is InChI=1S/C22H31N5O.HI/c1-23-22(24-13-8-14-25(2)19-9-4-3-5-10-19)27-17-15-26(16-18-27)20-11-6-7-12-21(20)28;/h3-7,9-12,28H,8,13-18H2,1-2H3,(H,23,24);1H. The summed E-state index contributed by atoms with van der Waals surface area (Å²) in [5.41, 5.74) is 2.15. The van der Waals surface area contributed by atoms with Crippen molar-refractivity contribution in [3.63, 3.8) is 0 Å². The third-order valence-corrected chi connectivity index (χ3v) is 5.16. The first-order valence-corrected chi connectivity index (χ1v) is 9.94. The molecule has 6 nitrogen and oxygen atoms in total. The number of phenols is 1. The highest BCUT2D eigenvalue weighted by Gasteiger charge is 2.21. The van der Waals surface area contributed by atoms with Crippen LogP contribution in [-0.4, -0.2) is 69.3 Å². The highest BCUT2D eigenvalue weighted by atomic mass is 127. The lowest BCUT2D eigenvalue weighted by Crippen LogP contribution is -2.52. The number of phenolic OH excluding ortho intramolecular Hbond substituents is 1. The van der Waals surface area contributed by atoms with Crippen LogP contribution < -0.4 is 15.1 Å². The van der Waals surface area contributed by atoms with E-state index in [0.717, 1.165) is 57.3 Å². The van der Waals surface area contributed by atoms with E-state index < -0.39 is 0 Å². The smallest absolute Gasteiger partial charge is 0.193 e. The summed E-state index contributed by atoms with van der Waals surface area (Å²) >= 11 is 0. The zero-order chi connectivity index (χ0) is 19.8. The molecule has 1 aliphatic rings. The fraction of sp³-hybridized carbons (Fsp3) is 0.409. The molecular formula is C22H32IN5O. The third kappa shape index (κ3) is 6.42. The van der Waals surface area contributed by atoms with Gasteiger partial charge >= 0.3 is 0 Å². The van der Waals surface area contributed by atoms with Gasteiger partial charge in [0.1, 0.15) is 5.75 Å². The molecule has 0 saturated carbocycles. The molecular weight excluding hydrogens is 477 g/mol. The molecule has 2 aromatic carbocycles. The number of guanidine groups is 1. The van der Waals surface area contributed by atoms with E-state index in [4.69, 9.17) is 0 Å². The maximum absolute atomic E-state index is 10.1. The molecule has 1 aliphatic heterocycles. The van der Waals surface area contributed by atoms with Crippen molar-refractivity contribution < 1.29 is 5.11 Å². The average Bonchev–Trinajstić information content (AvgIpc) is 2.75. The van der Waals surface area contributed by atoms with Crippen molar-refractivity contribution in [1.82, 2.24) is 10.2 Å². The van der Waals surface area contributed by atoms with Crippen LogP contribution in [0.2, 0.25) is 0 Å². The lowest BCUT2D eigenvalue weighted by Gasteiger charge is -2.37. The van der Waals surface area contributed by atoms with Crippen LogP contribution in [0.1, 0.15) is 6.42 Å². The zero-order valence-corrected chi connectivity index (χ0v) is 19.6. The number of anilines is 2. The Kier molecular flexibility index (Phi) is 9.37. The second kappa shape index (κ2) is 11.7. The monoisotopic (exact) mass is 509 g/mol. The highest BCUT2D eigenvalue weighted by molar-refractivity contribution is 14.0. The molecule has 0 aromatic heterocycles. The maximum atomic E-state index is 10.1. The molecule has 29 heavy (non-hydrogen) atoms. The Morgan fingerprint density at radius 2 is 1.69 bits per heavy atom. The van der Waals surface area contributed by atoms with Gasteiger partial charge in [0.05, 0.1) is 5.69 Å². The molecule has 1 fully saturated rings. The highest BCUT2D eigenvalue weighted by Crippen LogP contribution is 2.27. The van der Waals surface area contributed by atoms with E-state index in [-0.39, 0.29) is 24.0 Å². The number of para-hydroxylation sites is 3. The molecule has 1 saturated heterocycles. The quantitative estimate of drug-likeness (QED) is 0.271. The first-order chi connectivity index (χ1) is 13.7. The zero-order valence-electron chi connectivity index (χ0n) is 17.3. The van der Waals surface area contributed by atoms with Crippen molar-refractivity contribution in [3.05, 3.63) is 54.6 Å². The van der Waals surface area contributed by atoms with Crippen LogP contribution >= 0.6 is 24.0 Å². The van der Waals surface area contributed by atoms with Crippen LogP contribution in [0.25, 0.3) is 0 Å². The minimum atomic E-state index is 0. The molecule has 2 N–H and O–H groups in total. The van der Waals surface area contributed by atoms with Crippen LogP contribution in [0.15, 0.2) is 59.6 Å². The summed E-state index contributed by atoms with van der Waals surface area (Å²) in [7, 11) is 3.97. The topological polar surface area (TPSA) is 54.3 Å². The van der Waals surface area contributed by atoms with Gasteiger partial charge in [-0.25, -0.2) is 0 Å². The Morgan fingerprint density at radius 3 is 2.34 bits per heavy atom. The van der Waals surface area contributed by atoms with Crippen LogP contribution in [0.5, 0.6) is 5.75 Å². The lowest BCUT2D eigenvalue weighted by atomic mass is 10.2. The summed E-state index contributed by atoms with van der Waals surface area (Å²) in [5, 5.41) is 13.6. The summed E-state index contributed by atoms with van der Waals surface area (Å²) in [5.74, 6) is 1.31. The predicted octanol–water partition coefficient (Wildman–Crippen LogP) is 3.23. The first kappa shape index (κ1) is 23.1. The third-order valence-electron chi connectivity index (χ3n) is 5.16. The van der Waals surface area contributed by atoms with Gasteiger partial charge in [0.25, 0.3) is 0 Å². The summed E-state index contributed by atoms with van der Waals surface area (Å²) in [6.45, 7) is 5.40. The van der Waals surface area contributed by atoms with Gasteiger partial charge in [0.2, 0.25) is 0 Å². The van der Waals surface area contributed by atoms with Gasteiger partial charge in [-0.1, -0.05) is 30.3 Å². The normalized spacial score (nSPS) is 14.3. The van der Waals surface area contributed by atoms with Crippen molar-refractivity contribution in [1.29, 1.82) is 0 Å². The number of benzene rings is 2. The van der Waals surface area contributed by atoms with Gasteiger partial charge in [-0.3, -0.25) is 4.99 Å². The van der Waals surface area contributed by atoms with Crippen molar-refractivity contribution >= 4 is 41.3 Å². The number of hydrogen-bond acceptors (Lipinski definition) is 4. The molecule has 2 aromatic rings. The molecule has 1 heterocycles. The number of nitrogens with one attached hydrogen (secondary N) is 1. The first-order valence-electron chi connectivity index (χ1n) is 9.94.